The summed E-state index contributed by atoms with van der Waals surface area (Å²) in [6.07, 6.45) is -5.38. The van der Waals surface area contributed by atoms with E-state index in [2.05, 4.69) is 0 Å². The number of carboxylic acid groups (broad SMARTS) is 1. The van der Waals surface area contributed by atoms with Crippen molar-refractivity contribution < 1.29 is 32.7 Å². The molecule has 0 saturated carbocycles. The van der Waals surface area contributed by atoms with Gasteiger partial charge in [-0.3, -0.25) is 14.4 Å². The van der Waals surface area contributed by atoms with Crippen LogP contribution in [0.25, 0.3) is 0 Å². The molecule has 0 spiro atoms. The Bertz CT molecular complexity index is 411. The van der Waals surface area contributed by atoms with Crippen molar-refractivity contribution >= 4 is 17.8 Å². The molecule has 0 unspecified atom stereocenters. The maximum atomic E-state index is 12.4. The molecule has 0 bridgehead atoms. The molecule has 1 heterocycles. The molecule has 9 heteroatoms. The summed E-state index contributed by atoms with van der Waals surface area (Å²) in [7, 11) is 1.31. The zero-order valence-corrected chi connectivity index (χ0v) is 10.7. The van der Waals surface area contributed by atoms with Crippen LogP contribution in [0, 0.1) is 5.92 Å². The topological polar surface area (TPSA) is 86.7 Å². The zero-order chi connectivity index (χ0) is 15.5. The molecule has 6 nitrogen and oxygen atoms in total. The van der Waals surface area contributed by atoms with Gasteiger partial charge in [0.15, 0.2) is 0 Å². The summed E-state index contributed by atoms with van der Waals surface area (Å²) in [5, 5.41) is 10.3. The Balaban J connectivity index is 2.59. The maximum Gasteiger partial charge on any atom is 0.408 e. The summed E-state index contributed by atoms with van der Waals surface area (Å²) in [5.41, 5.74) is 0. The third-order valence-corrected chi connectivity index (χ3v) is 3.11. The fourth-order valence-corrected chi connectivity index (χ4v) is 1.93. The molecule has 0 aromatic carbocycles. The van der Waals surface area contributed by atoms with E-state index in [0.29, 0.717) is 0 Å². The number of rotatable bonds is 4. The van der Waals surface area contributed by atoms with Crippen LogP contribution in [0.2, 0.25) is 0 Å². The molecule has 2 N–H and O–H groups in total. The van der Waals surface area contributed by atoms with Crippen LogP contribution >= 0.6 is 0 Å². The van der Waals surface area contributed by atoms with Crippen LogP contribution in [-0.2, 0) is 14.4 Å². The highest BCUT2D eigenvalue weighted by molar-refractivity contribution is 6.00. The molecule has 114 valence electrons. The molecule has 1 saturated heterocycles. The van der Waals surface area contributed by atoms with Crippen LogP contribution in [0.3, 0.4) is 0 Å². The Morgan fingerprint density at radius 1 is 1.40 bits per heavy atom. The zero-order valence-electron chi connectivity index (χ0n) is 10.7. The van der Waals surface area contributed by atoms with Crippen molar-refractivity contribution in [2.24, 2.45) is 5.92 Å². The van der Waals surface area contributed by atoms with Gasteiger partial charge in [-0.15, -0.1) is 0 Å². The van der Waals surface area contributed by atoms with Crippen molar-refractivity contribution in [1.29, 1.82) is 0 Å². The SMILES string of the molecule is CN(CCC(=O)O)C(=O)[C@H]1CC[C@H](C(F)(F)F)NC1=O. The molecule has 0 aliphatic carbocycles. The largest absolute Gasteiger partial charge is 0.481 e. The first-order chi connectivity index (χ1) is 9.12. The third-order valence-electron chi connectivity index (χ3n) is 3.11. The van der Waals surface area contributed by atoms with Gasteiger partial charge in [0.2, 0.25) is 11.8 Å². The molecule has 2 atom stereocenters. The smallest absolute Gasteiger partial charge is 0.408 e. The fraction of sp³-hybridized carbons (Fsp3) is 0.727. The van der Waals surface area contributed by atoms with Crippen LogP contribution in [0.1, 0.15) is 19.3 Å². The Morgan fingerprint density at radius 3 is 2.45 bits per heavy atom. The second-order valence-corrected chi connectivity index (χ2v) is 4.64. The highest BCUT2D eigenvalue weighted by Crippen LogP contribution is 2.29. The Hall–Kier alpha value is -1.80. The minimum atomic E-state index is -4.53. The van der Waals surface area contributed by atoms with Gasteiger partial charge in [0, 0.05) is 13.6 Å². The lowest BCUT2D eigenvalue weighted by Crippen LogP contribution is -2.54. The number of hydrogen-bond acceptors (Lipinski definition) is 3. The minimum absolute atomic E-state index is 0.0966. The number of amides is 2. The molecule has 1 fully saturated rings. The number of aliphatic carboxylic acids is 1. The molecular formula is C11H15F3N2O4. The van der Waals surface area contributed by atoms with Crippen molar-refractivity contribution in [2.75, 3.05) is 13.6 Å². The first kappa shape index (κ1) is 16.3. The number of alkyl halides is 3. The number of carboxylic acids is 1. The Labute approximate surface area is 112 Å². The summed E-state index contributed by atoms with van der Waals surface area (Å²) < 4.78 is 37.3. The summed E-state index contributed by atoms with van der Waals surface area (Å²) in [5.74, 6) is -3.92. The number of carbonyl (C=O) groups excluding carboxylic acids is 2. The summed E-state index contributed by atoms with van der Waals surface area (Å²) in [6, 6.07) is -1.93. The summed E-state index contributed by atoms with van der Waals surface area (Å²) in [4.78, 5) is 34.9. The van der Waals surface area contributed by atoms with E-state index in [4.69, 9.17) is 5.11 Å². The van der Waals surface area contributed by atoms with Gasteiger partial charge in [-0.25, -0.2) is 0 Å². The van der Waals surface area contributed by atoms with Gasteiger partial charge >= 0.3 is 12.1 Å². The predicted molar refractivity (Wildman–Crippen MR) is 60.6 cm³/mol. The van der Waals surface area contributed by atoms with Crippen LogP contribution in [0.15, 0.2) is 0 Å². The van der Waals surface area contributed by atoms with Crippen molar-refractivity contribution in [3.05, 3.63) is 0 Å². The van der Waals surface area contributed by atoms with Gasteiger partial charge in [0.25, 0.3) is 0 Å². The van der Waals surface area contributed by atoms with Gasteiger partial charge < -0.3 is 15.3 Å². The molecule has 1 aliphatic heterocycles. The van der Waals surface area contributed by atoms with E-state index < -0.39 is 35.9 Å². The van der Waals surface area contributed by atoms with Crippen molar-refractivity contribution in [3.63, 3.8) is 0 Å². The van der Waals surface area contributed by atoms with Gasteiger partial charge in [-0.1, -0.05) is 0 Å². The maximum absolute atomic E-state index is 12.4. The van der Waals surface area contributed by atoms with E-state index in [1.807, 2.05) is 0 Å². The molecule has 1 rings (SSSR count). The van der Waals surface area contributed by atoms with E-state index in [0.717, 1.165) is 4.90 Å². The predicted octanol–water partition coefficient (Wildman–Crippen LogP) is 0.377. The molecule has 0 radical (unpaired) electrons. The van der Waals surface area contributed by atoms with E-state index in [-0.39, 0.29) is 25.8 Å². The number of hydrogen-bond donors (Lipinski definition) is 2. The molecule has 0 aromatic rings. The lowest BCUT2D eigenvalue weighted by Gasteiger charge is -2.31. The van der Waals surface area contributed by atoms with E-state index in [1.165, 1.54) is 7.05 Å². The third kappa shape index (κ3) is 4.10. The summed E-state index contributed by atoms with van der Waals surface area (Å²) >= 11 is 0. The number of carbonyl (C=O) groups is 3. The molecule has 2 amide bonds. The van der Waals surface area contributed by atoms with E-state index in [1.54, 1.807) is 5.32 Å². The molecule has 20 heavy (non-hydrogen) atoms. The average Bonchev–Trinajstić information content (AvgIpc) is 2.33. The second kappa shape index (κ2) is 6.10. The van der Waals surface area contributed by atoms with E-state index >= 15 is 0 Å². The average molecular weight is 296 g/mol. The second-order valence-electron chi connectivity index (χ2n) is 4.64. The molecule has 1 aliphatic rings. The first-order valence-electron chi connectivity index (χ1n) is 5.96. The lowest BCUT2D eigenvalue weighted by atomic mass is 9.92. The highest BCUT2D eigenvalue weighted by atomic mass is 19.4. The number of piperidine rings is 1. The summed E-state index contributed by atoms with van der Waals surface area (Å²) in [6.45, 7) is -0.0966. The standard InChI is InChI=1S/C11H15F3N2O4/c1-16(5-4-8(17)18)10(20)6-2-3-7(11(12,13)14)15-9(6)19/h6-7H,2-5H2,1H3,(H,15,19)(H,17,18)/t6-,7+/m0/s1. The quantitative estimate of drug-likeness (QED) is 0.734. The Kier molecular flexibility index (Phi) is 4.96. The van der Waals surface area contributed by atoms with Crippen LogP contribution in [0.4, 0.5) is 13.2 Å². The normalized spacial score (nSPS) is 23.1. The number of halogens is 3. The van der Waals surface area contributed by atoms with Crippen LogP contribution in [-0.4, -0.2) is 53.6 Å². The van der Waals surface area contributed by atoms with Gasteiger partial charge in [-0.2, -0.15) is 13.2 Å². The Morgan fingerprint density at radius 2 is 2.00 bits per heavy atom. The number of nitrogens with zero attached hydrogens (tertiary/aromatic N) is 1. The first-order valence-corrected chi connectivity index (χ1v) is 5.96. The van der Waals surface area contributed by atoms with Gasteiger partial charge in [-0.05, 0) is 12.8 Å². The monoisotopic (exact) mass is 296 g/mol. The van der Waals surface area contributed by atoms with Crippen LogP contribution in [0.5, 0.6) is 0 Å². The number of nitrogens with one attached hydrogen (secondary N) is 1. The van der Waals surface area contributed by atoms with E-state index in [9.17, 15) is 27.6 Å². The lowest BCUT2D eigenvalue weighted by molar-refractivity contribution is -0.172. The van der Waals surface area contributed by atoms with Crippen molar-refractivity contribution in [3.8, 4) is 0 Å². The highest BCUT2D eigenvalue weighted by Gasteiger charge is 2.46. The molecule has 0 aromatic heterocycles. The van der Waals surface area contributed by atoms with Gasteiger partial charge in [0.05, 0.1) is 6.42 Å². The molecular weight excluding hydrogens is 281 g/mol. The van der Waals surface area contributed by atoms with Crippen molar-refractivity contribution in [2.45, 2.75) is 31.5 Å². The van der Waals surface area contributed by atoms with Gasteiger partial charge in [0.1, 0.15) is 12.0 Å². The minimum Gasteiger partial charge on any atom is -0.481 e. The van der Waals surface area contributed by atoms with Crippen molar-refractivity contribution in [1.82, 2.24) is 10.2 Å². The fourth-order valence-electron chi connectivity index (χ4n) is 1.93. The van der Waals surface area contributed by atoms with Crippen LogP contribution < -0.4 is 5.32 Å².